The van der Waals surface area contributed by atoms with Crippen LogP contribution in [0.15, 0.2) is 54.7 Å². The summed E-state index contributed by atoms with van der Waals surface area (Å²) in [5.74, 6) is 1.16. The van der Waals surface area contributed by atoms with Crippen LogP contribution in [-0.2, 0) is 11.0 Å². The number of aromatic nitrogens is 2. The van der Waals surface area contributed by atoms with E-state index in [1.807, 2.05) is 30.3 Å². The Balaban J connectivity index is 1.75. The van der Waals surface area contributed by atoms with Crippen LogP contribution in [0.2, 0.25) is 0 Å². The molecule has 2 aromatic carbocycles. The predicted molar refractivity (Wildman–Crippen MR) is 123 cm³/mol. The average molecular weight is 451 g/mol. The van der Waals surface area contributed by atoms with Crippen molar-refractivity contribution in [2.75, 3.05) is 12.8 Å². The largest absolute Gasteiger partial charge is 0.497 e. The number of nitrogens with zero attached hydrogens (tertiary/aromatic N) is 2. The molecule has 0 aliphatic heterocycles. The van der Waals surface area contributed by atoms with Crippen LogP contribution in [0, 0.1) is 0 Å². The lowest BCUT2D eigenvalue weighted by molar-refractivity contribution is 0.104. The van der Waals surface area contributed by atoms with E-state index in [-0.39, 0.29) is 17.3 Å². The molecule has 4 aromatic rings. The molecule has 0 spiro atoms. The van der Waals surface area contributed by atoms with Crippen LogP contribution in [0.3, 0.4) is 0 Å². The monoisotopic (exact) mass is 451 g/mol. The third-order valence-electron chi connectivity index (χ3n) is 5.46. The normalized spacial score (nSPS) is 12.8. The number of rotatable bonds is 6. The molecule has 0 fully saturated rings. The second-order valence-corrected chi connectivity index (χ2v) is 9.19. The molecule has 164 valence electrons. The molecule has 8 nitrogen and oxygen atoms in total. The standard InChI is InChI=1S/C23H22N3O5P/c1-13(9-14-3-6-17(31-2)7-4-14)16-10-19-18-8-5-15(23(27)32(28,29)30)11-20(18)26-22(24)21(19)25-12-16/h3-8,10-13H,9H2,1-2H3,(H2,24,26)(H2,28,29,30). The van der Waals surface area contributed by atoms with Crippen molar-refractivity contribution in [3.05, 3.63) is 71.4 Å². The van der Waals surface area contributed by atoms with Gasteiger partial charge in [0.2, 0.25) is 0 Å². The van der Waals surface area contributed by atoms with Crippen LogP contribution in [0.5, 0.6) is 5.75 Å². The topological polar surface area (TPSA) is 136 Å². The molecule has 4 N–H and O–H groups in total. The summed E-state index contributed by atoms with van der Waals surface area (Å²) in [6, 6.07) is 14.3. The number of carbonyl (C=O) groups excluding carboxylic acids is 1. The van der Waals surface area contributed by atoms with Gasteiger partial charge in [-0.1, -0.05) is 25.1 Å². The highest BCUT2D eigenvalue weighted by Gasteiger charge is 2.27. The number of anilines is 1. The van der Waals surface area contributed by atoms with Gasteiger partial charge >= 0.3 is 7.60 Å². The molecule has 1 atom stereocenters. The lowest BCUT2D eigenvalue weighted by atomic mass is 9.93. The number of nitrogen functional groups attached to an aromatic ring is 1. The zero-order chi connectivity index (χ0) is 23.0. The molecule has 0 aliphatic carbocycles. The molecule has 1 unspecified atom stereocenters. The van der Waals surface area contributed by atoms with Gasteiger partial charge in [0.1, 0.15) is 11.3 Å². The maximum atomic E-state index is 12.0. The summed E-state index contributed by atoms with van der Waals surface area (Å²) in [5, 5.41) is 1.46. The van der Waals surface area contributed by atoms with Gasteiger partial charge in [0.15, 0.2) is 5.82 Å². The minimum atomic E-state index is -4.89. The van der Waals surface area contributed by atoms with Crippen molar-refractivity contribution in [2.24, 2.45) is 0 Å². The summed E-state index contributed by atoms with van der Waals surface area (Å²) in [6.07, 6.45) is 2.59. The summed E-state index contributed by atoms with van der Waals surface area (Å²) >= 11 is 0. The Morgan fingerprint density at radius 2 is 1.84 bits per heavy atom. The molecule has 0 aliphatic rings. The lowest BCUT2D eigenvalue weighted by Gasteiger charge is -2.14. The van der Waals surface area contributed by atoms with Crippen molar-refractivity contribution in [1.82, 2.24) is 9.97 Å². The van der Waals surface area contributed by atoms with E-state index >= 15 is 0 Å². The lowest BCUT2D eigenvalue weighted by Crippen LogP contribution is -2.03. The number of carbonyl (C=O) groups is 1. The maximum Gasteiger partial charge on any atom is 0.396 e. The fourth-order valence-corrected chi connectivity index (χ4v) is 4.20. The molecule has 2 heterocycles. The smallest absolute Gasteiger partial charge is 0.396 e. The minimum absolute atomic E-state index is 0.117. The Morgan fingerprint density at radius 3 is 2.50 bits per heavy atom. The number of fused-ring (bicyclic) bond motifs is 3. The van der Waals surface area contributed by atoms with E-state index in [4.69, 9.17) is 10.5 Å². The third-order valence-corrected chi connectivity index (χ3v) is 6.25. The Morgan fingerprint density at radius 1 is 1.12 bits per heavy atom. The van der Waals surface area contributed by atoms with E-state index in [0.29, 0.717) is 16.4 Å². The van der Waals surface area contributed by atoms with Gasteiger partial charge < -0.3 is 20.3 Å². The number of ether oxygens (including phenoxy) is 1. The molecule has 32 heavy (non-hydrogen) atoms. The molecular formula is C23H22N3O5P. The number of pyridine rings is 2. The van der Waals surface area contributed by atoms with E-state index in [2.05, 4.69) is 16.9 Å². The van der Waals surface area contributed by atoms with Crippen LogP contribution in [0.25, 0.3) is 21.8 Å². The number of nitrogens with two attached hydrogens (primary N) is 1. The van der Waals surface area contributed by atoms with Crippen molar-refractivity contribution in [3.63, 3.8) is 0 Å². The Bertz CT molecular complexity index is 1380. The van der Waals surface area contributed by atoms with Gasteiger partial charge in [0, 0.05) is 22.5 Å². The second kappa shape index (κ2) is 8.31. The fourth-order valence-electron chi connectivity index (χ4n) is 3.73. The van der Waals surface area contributed by atoms with Crippen LogP contribution >= 0.6 is 7.60 Å². The quantitative estimate of drug-likeness (QED) is 0.295. The molecule has 0 bridgehead atoms. The second-order valence-electron chi connectivity index (χ2n) is 7.70. The highest BCUT2D eigenvalue weighted by atomic mass is 31.2. The van der Waals surface area contributed by atoms with Crippen LogP contribution in [0.1, 0.15) is 34.3 Å². The third kappa shape index (κ3) is 4.21. The van der Waals surface area contributed by atoms with Gasteiger partial charge in [0.05, 0.1) is 12.6 Å². The highest BCUT2D eigenvalue weighted by Crippen LogP contribution is 2.40. The van der Waals surface area contributed by atoms with Crippen LogP contribution in [-0.4, -0.2) is 32.4 Å². The summed E-state index contributed by atoms with van der Waals surface area (Å²) in [7, 11) is -3.26. The Labute approximate surface area is 184 Å². The Hall–Kier alpha value is -3.32. The van der Waals surface area contributed by atoms with E-state index < -0.39 is 13.1 Å². The maximum absolute atomic E-state index is 12.0. The number of hydrogen-bond donors (Lipinski definition) is 3. The van der Waals surface area contributed by atoms with E-state index in [9.17, 15) is 19.1 Å². The molecule has 0 radical (unpaired) electrons. The van der Waals surface area contributed by atoms with Crippen molar-refractivity contribution in [1.29, 1.82) is 0 Å². The van der Waals surface area contributed by atoms with Gasteiger partial charge in [-0.25, -0.2) is 4.98 Å². The van der Waals surface area contributed by atoms with Crippen LogP contribution in [0.4, 0.5) is 5.82 Å². The van der Waals surface area contributed by atoms with Crippen molar-refractivity contribution in [2.45, 2.75) is 19.3 Å². The first kappa shape index (κ1) is 21.9. The van der Waals surface area contributed by atoms with Gasteiger partial charge in [-0.15, -0.1) is 0 Å². The summed E-state index contributed by atoms with van der Waals surface area (Å²) < 4.78 is 16.5. The molecule has 2 aromatic heterocycles. The van der Waals surface area contributed by atoms with Gasteiger partial charge in [-0.05, 0) is 53.8 Å². The summed E-state index contributed by atoms with van der Waals surface area (Å²) in [5.41, 5.74) is 7.80. The molecule has 0 saturated carbocycles. The zero-order valence-corrected chi connectivity index (χ0v) is 18.4. The first-order chi connectivity index (χ1) is 15.2. The first-order valence-electron chi connectivity index (χ1n) is 9.89. The van der Waals surface area contributed by atoms with Crippen molar-refractivity contribution >= 4 is 40.7 Å². The predicted octanol–water partition coefficient (Wildman–Crippen LogP) is 4.04. The first-order valence-corrected chi connectivity index (χ1v) is 11.5. The average Bonchev–Trinajstić information content (AvgIpc) is 2.78. The molecule has 9 heteroatoms. The molecular weight excluding hydrogens is 429 g/mol. The number of benzene rings is 2. The van der Waals surface area contributed by atoms with E-state index in [0.717, 1.165) is 28.7 Å². The molecule has 4 rings (SSSR count). The summed E-state index contributed by atoms with van der Waals surface area (Å²) in [6.45, 7) is 2.11. The van der Waals surface area contributed by atoms with Crippen LogP contribution < -0.4 is 10.5 Å². The minimum Gasteiger partial charge on any atom is -0.497 e. The van der Waals surface area contributed by atoms with E-state index in [1.54, 1.807) is 19.4 Å². The van der Waals surface area contributed by atoms with Gasteiger partial charge in [-0.3, -0.25) is 14.3 Å². The Kier molecular flexibility index (Phi) is 5.69. The fraction of sp³-hybridized carbons (Fsp3) is 0.174. The molecule has 0 saturated heterocycles. The van der Waals surface area contributed by atoms with Gasteiger partial charge in [0.25, 0.3) is 5.52 Å². The number of hydrogen-bond acceptors (Lipinski definition) is 6. The highest BCUT2D eigenvalue weighted by molar-refractivity contribution is 7.70. The van der Waals surface area contributed by atoms with Crippen molar-refractivity contribution in [3.8, 4) is 5.75 Å². The van der Waals surface area contributed by atoms with E-state index in [1.165, 1.54) is 12.1 Å². The van der Waals surface area contributed by atoms with Crippen molar-refractivity contribution < 1.29 is 23.9 Å². The summed E-state index contributed by atoms with van der Waals surface area (Å²) in [4.78, 5) is 39.1. The molecule has 0 amide bonds. The number of methoxy groups -OCH3 is 1. The SMILES string of the molecule is COc1ccc(CC(C)c2cnc3c(N)nc4cc(C(=O)P(=O)(O)O)ccc4c3c2)cc1. The van der Waals surface area contributed by atoms with Gasteiger partial charge in [-0.2, -0.15) is 0 Å². The zero-order valence-electron chi connectivity index (χ0n) is 17.5.